The first kappa shape index (κ1) is 19.5. The summed E-state index contributed by atoms with van der Waals surface area (Å²) < 4.78 is 66.7. The Hall–Kier alpha value is -2.50. The summed E-state index contributed by atoms with van der Waals surface area (Å²) in [5.41, 5.74) is 7.75. The lowest BCUT2D eigenvalue weighted by Crippen LogP contribution is -2.40. The predicted octanol–water partition coefficient (Wildman–Crippen LogP) is 2.48. The molecule has 5 rings (SSSR count). The molecule has 0 aromatic carbocycles. The summed E-state index contributed by atoms with van der Waals surface area (Å²) in [7, 11) is 0. The molecule has 4 atom stereocenters. The molecule has 2 amide bonds. The average Bonchev–Trinajstić information content (AvgIpc) is 3.18. The molecule has 7 nitrogen and oxygen atoms in total. The average molecular weight is 430 g/mol. The molecular formula is C18H19F5N6O. The van der Waals surface area contributed by atoms with E-state index in [4.69, 9.17) is 5.73 Å². The fourth-order valence-electron chi connectivity index (χ4n) is 4.70. The number of halogens is 5. The van der Waals surface area contributed by atoms with E-state index in [1.807, 2.05) is 5.32 Å². The molecule has 3 fully saturated rings. The molecule has 30 heavy (non-hydrogen) atoms. The van der Waals surface area contributed by atoms with Crippen LogP contribution in [0.25, 0.3) is 5.65 Å². The second kappa shape index (κ2) is 6.25. The number of carbonyl (C=O) groups excluding carboxylic acids is 1. The highest BCUT2D eigenvalue weighted by Gasteiger charge is 2.71. The van der Waals surface area contributed by atoms with Crippen molar-refractivity contribution in [2.75, 3.05) is 6.54 Å². The Morgan fingerprint density at radius 1 is 1.30 bits per heavy atom. The van der Waals surface area contributed by atoms with Crippen molar-refractivity contribution in [3.05, 3.63) is 29.7 Å². The molecule has 3 aliphatic rings. The fourth-order valence-corrected chi connectivity index (χ4v) is 4.70. The number of aromatic nitrogens is 3. The van der Waals surface area contributed by atoms with E-state index in [-0.39, 0.29) is 12.5 Å². The number of carbonyl (C=O) groups is 1. The van der Waals surface area contributed by atoms with Gasteiger partial charge in [-0.2, -0.15) is 18.3 Å². The maximum atomic E-state index is 13.4. The van der Waals surface area contributed by atoms with E-state index < -0.39 is 48.6 Å². The molecular weight excluding hydrogens is 411 g/mol. The zero-order valence-electron chi connectivity index (χ0n) is 15.6. The number of fused-ring (bicyclic) bond motifs is 2. The first-order chi connectivity index (χ1) is 14.0. The van der Waals surface area contributed by atoms with Gasteiger partial charge in [0, 0.05) is 18.4 Å². The minimum absolute atomic E-state index is 0.0444. The van der Waals surface area contributed by atoms with Crippen LogP contribution >= 0.6 is 0 Å². The molecule has 1 aliphatic heterocycles. The number of hydrogen-bond donors (Lipinski definition) is 2. The molecule has 0 spiro atoms. The fraction of sp³-hybridized carbons (Fsp3) is 0.611. The normalized spacial score (nSPS) is 31.1. The van der Waals surface area contributed by atoms with Gasteiger partial charge in [-0.15, -0.1) is 0 Å². The van der Waals surface area contributed by atoms with Gasteiger partial charge in [0.25, 0.3) is 5.92 Å². The Kier molecular flexibility index (Phi) is 4.06. The highest BCUT2D eigenvalue weighted by Crippen LogP contribution is 2.66. The Balaban J connectivity index is 1.28. The number of nitrogens with two attached hydrogens (primary N) is 1. The highest BCUT2D eigenvalue weighted by atomic mass is 19.4. The number of nitrogens with zero attached hydrogens (tertiary/aromatic N) is 4. The van der Waals surface area contributed by atoms with Crippen LogP contribution < -0.4 is 11.1 Å². The van der Waals surface area contributed by atoms with Gasteiger partial charge in [0.2, 0.25) is 0 Å². The van der Waals surface area contributed by atoms with Crippen molar-refractivity contribution in [1.82, 2.24) is 24.8 Å². The van der Waals surface area contributed by atoms with Gasteiger partial charge in [0.15, 0.2) is 5.65 Å². The number of amides is 2. The molecule has 162 valence electrons. The van der Waals surface area contributed by atoms with Crippen molar-refractivity contribution in [2.24, 2.45) is 23.5 Å². The monoisotopic (exact) mass is 430 g/mol. The van der Waals surface area contributed by atoms with Crippen LogP contribution in [0.2, 0.25) is 0 Å². The number of alkyl halides is 5. The third-order valence-electron chi connectivity index (χ3n) is 6.48. The van der Waals surface area contributed by atoms with Crippen molar-refractivity contribution < 1.29 is 26.7 Å². The molecule has 2 aliphatic carbocycles. The standard InChI is InChI=1S/C18H19F5N6O/c19-17(20)10-2-9(3-11(10)17)15(24)12-6-29-14(26-12)1-8(4-25-29)5-28-7-13(18(21,22)23)27-16(28)30/h1,4,6,9-11,13,15H,2-3,5,7,24H2,(H,27,30)/t9?,10?,11?,13-,15?/m0/s1. The second-order valence-electron chi connectivity index (χ2n) is 8.40. The van der Waals surface area contributed by atoms with Crippen LogP contribution in [-0.2, 0) is 6.54 Å². The van der Waals surface area contributed by atoms with Crippen LogP contribution in [0, 0.1) is 17.8 Å². The van der Waals surface area contributed by atoms with Crippen LogP contribution in [0.1, 0.15) is 30.1 Å². The zero-order chi connectivity index (χ0) is 21.4. The summed E-state index contributed by atoms with van der Waals surface area (Å²) in [6, 6.07) is -1.56. The maximum absolute atomic E-state index is 13.4. The molecule has 3 N–H and O–H groups in total. The Morgan fingerprint density at radius 2 is 2.00 bits per heavy atom. The molecule has 3 unspecified atom stereocenters. The lowest BCUT2D eigenvalue weighted by molar-refractivity contribution is -0.149. The molecule has 1 saturated heterocycles. The lowest BCUT2D eigenvalue weighted by Gasteiger charge is -2.19. The topological polar surface area (TPSA) is 88.5 Å². The van der Waals surface area contributed by atoms with Crippen LogP contribution in [-0.4, -0.2) is 50.2 Å². The Labute approximate surface area is 167 Å². The maximum Gasteiger partial charge on any atom is 0.410 e. The summed E-state index contributed by atoms with van der Waals surface area (Å²) in [5.74, 6) is -3.79. The summed E-state index contributed by atoms with van der Waals surface area (Å²) in [5, 5.41) is 6.11. The minimum Gasteiger partial charge on any atom is -0.324 e. The van der Waals surface area contributed by atoms with E-state index >= 15 is 0 Å². The van der Waals surface area contributed by atoms with Gasteiger partial charge >= 0.3 is 12.2 Å². The zero-order valence-corrected chi connectivity index (χ0v) is 15.6. The van der Waals surface area contributed by atoms with Crippen LogP contribution in [0.5, 0.6) is 0 Å². The van der Waals surface area contributed by atoms with Gasteiger partial charge in [-0.1, -0.05) is 0 Å². The van der Waals surface area contributed by atoms with Crippen molar-refractivity contribution >= 4 is 11.7 Å². The van der Waals surface area contributed by atoms with Crippen LogP contribution in [0.4, 0.5) is 26.7 Å². The molecule has 12 heteroatoms. The highest BCUT2D eigenvalue weighted by molar-refractivity contribution is 5.77. The SMILES string of the molecule is NC(c1cn2ncc(CN3C[C@@H](C(F)(F)F)NC3=O)cc2n1)C1CC2C(C1)C2(F)F. The molecule has 2 aromatic heterocycles. The van der Waals surface area contributed by atoms with Crippen LogP contribution in [0.3, 0.4) is 0 Å². The predicted molar refractivity (Wildman–Crippen MR) is 93.4 cm³/mol. The number of imidazole rings is 1. The third kappa shape index (κ3) is 3.08. The van der Waals surface area contributed by atoms with Gasteiger partial charge in [0.1, 0.15) is 6.04 Å². The van der Waals surface area contributed by atoms with Crippen molar-refractivity contribution in [3.63, 3.8) is 0 Å². The van der Waals surface area contributed by atoms with Crippen molar-refractivity contribution in [3.8, 4) is 0 Å². The smallest absolute Gasteiger partial charge is 0.324 e. The number of urea groups is 1. The summed E-state index contributed by atoms with van der Waals surface area (Å²) >= 11 is 0. The minimum atomic E-state index is -4.51. The van der Waals surface area contributed by atoms with E-state index in [1.54, 1.807) is 12.3 Å². The third-order valence-corrected chi connectivity index (χ3v) is 6.48. The van der Waals surface area contributed by atoms with Crippen molar-refractivity contribution in [2.45, 2.75) is 43.6 Å². The largest absolute Gasteiger partial charge is 0.410 e. The van der Waals surface area contributed by atoms with Gasteiger partial charge in [-0.25, -0.2) is 23.1 Å². The van der Waals surface area contributed by atoms with Gasteiger partial charge < -0.3 is 16.0 Å². The first-order valence-electron chi connectivity index (χ1n) is 9.64. The second-order valence-corrected chi connectivity index (χ2v) is 8.40. The quantitative estimate of drug-likeness (QED) is 0.730. The Morgan fingerprint density at radius 3 is 2.63 bits per heavy atom. The lowest BCUT2D eigenvalue weighted by atomic mass is 9.93. The molecule has 3 heterocycles. The van der Waals surface area contributed by atoms with E-state index in [0.717, 1.165) is 4.90 Å². The van der Waals surface area contributed by atoms with Crippen molar-refractivity contribution in [1.29, 1.82) is 0 Å². The molecule has 2 saturated carbocycles. The molecule has 0 radical (unpaired) electrons. The van der Waals surface area contributed by atoms with Crippen LogP contribution in [0.15, 0.2) is 18.5 Å². The number of rotatable bonds is 4. The number of nitrogens with one attached hydrogen (secondary N) is 1. The van der Waals surface area contributed by atoms with E-state index in [0.29, 0.717) is 29.7 Å². The number of hydrogen-bond acceptors (Lipinski definition) is 4. The summed E-state index contributed by atoms with van der Waals surface area (Å²) in [4.78, 5) is 17.3. The van der Waals surface area contributed by atoms with E-state index in [1.165, 1.54) is 10.7 Å². The van der Waals surface area contributed by atoms with E-state index in [2.05, 4.69) is 10.1 Å². The summed E-state index contributed by atoms with van der Waals surface area (Å²) in [6.45, 7) is -0.524. The molecule has 2 aromatic rings. The van der Waals surface area contributed by atoms with E-state index in [9.17, 15) is 26.7 Å². The molecule has 0 bridgehead atoms. The van der Waals surface area contributed by atoms with Gasteiger partial charge in [-0.05, 0) is 30.4 Å². The van der Waals surface area contributed by atoms with Gasteiger partial charge in [-0.3, -0.25) is 0 Å². The van der Waals surface area contributed by atoms with Gasteiger partial charge in [0.05, 0.1) is 30.7 Å². The first-order valence-corrected chi connectivity index (χ1v) is 9.64. The Bertz CT molecular complexity index is 993. The summed E-state index contributed by atoms with van der Waals surface area (Å²) in [6.07, 6.45) is -0.686.